The average Bonchev–Trinajstić information content (AvgIpc) is 1.81. The van der Waals surface area contributed by atoms with E-state index in [9.17, 15) is 0 Å². The Bertz CT molecular complexity index is 4330. The lowest BCUT2D eigenvalue weighted by Gasteiger charge is -2.19. The first kappa shape index (κ1) is 76.6. The third-order valence-corrected chi connectivity index (χ3v) is 20.7. The fraction of sp³-hybridized carbons (Fsp3) is 0.415. The van der Waals surface area contributed by atoms with Gasteiger partial charge in [-0.3, -0.25) is 0 Å². The van der Waals surface area contributed by atoms with Gasteiger partial charge in [-0.15, -0.1) is 0 Å². The number of rotatable bonds is 13. The van der Waals surface area contributed by atoms with Crippen LogP contribution in [0.3, 0.4) is 0 Å². The summed E-state index contributed by atoms with van der Waals surface area (Å²) < 4.78 is 11.3. The van der Waals surface area contributed by atoms with Crippen LogP contribution >= 0.6 is 0 Å². The Morgan fingerprint density at radius 3 is 1.00 bits per heavy atom. The van der Waals surface area contributed by atoms with Gasteiger partial charge >= 0.3 is 0 Å². The molecular formula is C94H124N5+5. The SMILES string of the molecule is CCc1cc(-c2ccccc2C)[n+](C)cc1CC(C)C.Cc1c[n+](C)c(-c2ccccc2C)cc1CC(C)(C)C.Cc1c[n+](C)c(-c2ccccc2C)cc1CC(C)C.Cc1ccccc1-c1cc(C)c(C2CCCC2)c[n+]1C.Cc1ccccc1-c1cc(C2CCCC2)c(C)c[n+]1C. The minimum atomic E-state index is 0.313. The maximum Gasteiger partial charge on any atom is 0.212 e. The predicted octanol–water partition coefficient (Wildman–Crippen LogP) is 21.5. The number of hydrogen-bond donors (Lipinski definition) is 0. The summed E-state index contributed by atoms with van der Waals surface area (Å²) in [5, 5.41) is 0. The molecule has 2 saturated carbocycles. The molecule has 0 unspecified atom stereocenters. The zero-order valence-corrected chi connectivity index (χ0v) is 65.4. The smallest absolute Gasteiger partial charge is 0.201 e. The van der Waals surface area contributed by atoms with Crippen LogP contribution in [0.5, 0.6) is 0 Å². The second-order valence-corrected chi connectivity index (χ2v) is 31.4. The number of aromatic nitrogens is 5. The van der Waals surface area contributed by atoms with Crippen molar-refractivity contribution in [1.29, 1.82) is 0 Å². The van der Waals surface area contributed by atoms with Gasteiger partial charge < -0.3 is 0 Å². The van der Waals surface area contributed by atoms with Crippen LogP contribution in [-0.4, -0.2) is 0 Å². The van der Waals surface area contributed by atoms with Crippen LogP contribution < -0.4 is 22.8 Å². The summed E-state index contributed by atoms with van der Waals surface area (Å²) in [6.07, 6.45) is 27.0. The van der Waals surface area contributed by atoms with Gasteiger partial charge in [-0.25, -0.2) is 22.8 Å². The molecule has 2 fully saturated rings. The minimum absolute atomic E-state index is 0.313. The predicted molar refractivity (Wildman–Crippen MR) is 420 cm³/mol. The van der Waals surface area contributed by atoms with Gasteiger partial charge in [-0.2, -0.15) is 0 Å². The lowest BCUT2D eigenvalue weighted by atomic mass is 9.86. The van der Waals surface area contributed by atoms with Gasteiger partial charge in [-0.05, 0) is 229 Å². The Morgan fingerprint density at radius 1 is 0.323 bits per heavy atom. The number of aryl methyl sites for hydroxylation is 15. The van der Waals surface area contributed by atoms with Crippen molar-refractivity contribution in [1.82, 2.24) is 0 Å². The first-order chi connectivity index (χ1) is 47.1. The van der Waals surface area contributed by atoms with E-state index in [0.29, 0.717) is 17.3 Å². The summed E-state index contributed by atoms with van der Waals surface area (Å²) in [5.41, 5.74) is 34.9. The lowest BCUT2D eigenvalue weighted by Crippen LogP contribution is -2.32. The van der Waals surface area contributed by atoms with Crippen molar-refractivity contribution in [2.45, 2.75) is 207 Å². The van der Waals surface area contributed by atoms with Crippen molar-refractivity contribution >= 4 is 0 Å². The Balaban J connectivity index is 0.000000158. The molecule has 99 heavy (non-hydrogen) atoms. The molecule has 5 aromatic carbocycles. The van der Waals surface area contributed by atoms with Crippen molar-refractivity contribution in [2.75, 3.05) is 0 Å². The van der Waals surface area contributed by atoms with Gasteiger partial charge in [-0.1, -0.05) is 172 Å². The molecule has 5 aromatic heterocycles. The number of hydrogen-bond acceptors (Lipinski definition) is 0. The van der Waals surface area contributed by atoms with Gasteiger partial charge in [0.1, 0.15) is 35.2 Å². The van der Waals surface area contributed by atoms with E-state index in [1.54, 1.807) is 11.1 Å². The maximum atomic E-state index is 2.44. The van der Waals surface area contributed by atoms with E-state index in [0.717, 1.165) is 37.5 Å². The number of nitrogens with zero attached hydrogens (tertiary/aromatic N) is 5. The zero-order valence-electron chi connectivity index (χ0n) is 65.4. The largest absolute Gasteiger partial charge is 0.212 e. The molecule has 2 aliphatic carbocycles. The topological polar surface area (TPSA) is 19.4 Å². The fourth-order valence-corrected chi connectivity index (χ4v) is 15.3. The molecule has 0 bridgehead atoms. The highest BCUT2D eigenvalue weighted by atomic mass is 14.9. The summed E-state index contributed by atoms with van der Waals surface area (Å²) in [5.74, 6) is 2.95. The minimum Gasteiger partial charge on any atom is -0.201 e. The fourth-order valence-electron chi connectivity index (χ4n) is 15.3. The standard InChI is InChI=1S/2C19H24N.2C19H26N.C18H24N/c1-14-8-4-7-11-17(14)19-12-18(15(2)13-20(19)3)16-9-5-6-10-16;1-14-8-4-7-11-17(14)19-12-15(2)18(13-20(19)3)16-9-5-6-10-16;1-14-9-7-8-10-17(14)18-11-16(12-19(3,4)5)15(2)13-20(18)6;1-6-16-12-19(18-10-8-7-9-15(18)4)20(5)13-17(16)11-14(2)3;1-13(2)10-16-11-18(19(5)12-15(16)4)17-9-7-6-8-14(17)3/h2*4,7-8,11-13,16H,5-6,9-10H2,1-3H3;7-11,13H,12H2,1-6H3;7-10,12-14H,6,11H2,1-5H3;6-9,11-13H,10H2,1-5H3/q5*+1. The molecule has 520 valence electrons. The third-order valence-electron chi connectivity index (χ3n) is 20.7. The van der Waals surface area contributed by atoms with Crippen molar-refractivity contribution in [3.8, 4) is 56.3 Å². The van der Waals surface area contributed by atoms with Crippen LogP contribution in [0.4, 0.5) is 0 Å². The van der Waals surface area contributed by atoms with Gasteiger partial charge in [0, 0.05) is 86.0 Å². The second-order valence-electron chi connectivity index (χ2n) is 31.4. The van der Waals surface area contributed by atoms with E-state index in [-0.39, 0.29) is 0 Å². The van der Waals surface area contributed by atoms with Gasteiger partial charge in [0.2, 0.25) is 28.5 Å². The molecule has 0 aliphatic heterocycles. The van der Waals surface area contributed by atoms with Crippen LogP contribution in [0.1, 0.15) is 202 Å². The Morgan fingerprint density at radius 2 is 0.626 bits per heavy atom. The van der Waals surface area contributed by atoms with Crippen LogP contribution in [0.2, 0.25) is 0 Å². The molecule has 0 N–H and O–H groups in total. The van der Waals surface area contributed by atoms with Gasteiger partial charge in [0.15, 0.2) is 31.0 Å². The van der Waals surface area contributed by atoms with E-state index in [2.05, 4.69) is 358 Å². The molecule has 12 rings (SSSR count). The monoisotopic (exact) mass is 1320 g/mol. The normalized spacial score (nSPS) is 13.1. The van der Waals surface area contributed by atoms with E-state index in [4.69, 9.17) is 0 Å². The highest BCUT2D eigenvalue weighted by molar-refractivity contribution is 5.65. The molecule has 0 amide bonds. The highest BCUT2D eigenvalue weighted by Gasteiger charge is 2.27. The zero-order chi connectivity index (χ0) is 71.8. The van der Waals surface area contributed by atoms with Crippen molar-refractivity contribution in [2.24, 2.45) is 52.5 Å². The van der Waals surface area contributed by atoms with E-state index in [1.807, 2.05) is 0 Å². The third kappa shape index (κ3) is 20.5. The molecule has 0 atom stereocenters. The quantitative estimate of drug-likeness (QED) is 0.103. The maximum absolute atomic E-state index is 2.44. The Kier molecular flexibility index (Phi) is 27.3. The lowest BCUT2D eigenvalue weighted by molar-refractivity contribution is -0.661. The number of benzene rings is 5. The molecule has 2 aliphatic rings. The van der Waals surface area contributed by atoms with Crippen LogP contribution in [-0.2, 0) is 60.9 Å². The van der Waals surface area contributed by atoms with E-state index >= 15 is 0 Å². The summed E-state index contributed by atoms with van der Waals surface area (Å²) in [6.45, 7) is 38.2. The van der Waals surface area contributed by atoms with Gasteiger partial charge in [0.25, 0.3) is 0 Å². The Hall–Kier alpha value is -8.15. The van der Waals surface area contributed by atoms with Crippen LogP contribution in [0, 0.1) is 79.6 Å². The molecule has 0 saturated heterocycles. The van der Waals surface area contributed by atoms with Crippen LogP contribution in [0.25, 0.3) is 56.3 Å². The highest BCUT2D eigenvalue weighted by Crippen LogP contribution is 2.38. The van der Waals surface area contributed by atoms with Crippen molar-refractivity contribution in [3.63, 3.8) is 0 Å². The summed E-state index contributed by atoms with van der Waals surface area (Å²) in [7, 11) is 10.8. The Labute approximate surface area is 600 Å². The summed E-state index contributed by atoms with van der Waals surface area (Å²) in [4.78, 5) is 0. The van der Waals surface area contributed by atoms with Gasteiger partial charge in [0.05, 0.1) is 0 Å². The van der Waals surface area contributed by atoms with Crippen LogP contribution in [0.15, 0.2) is 183 Å². The van der Waals surface area contributed by atoms with E-state index in [1.165, 1.54) is 180 Å². The van der Waals surface area contributed by atoms with Crippen molar-refractivity contribution in [3.05, 3.63) is 266 Å². The molecule has 5 heteroatoms. The van der Waals surface area contributed by atoms with Crippen molar-refractivity contribution < 1.29 is 22.8 Å². The molecule has 10 aromatic rings. The molecule has 0 spiro atoms. The van der Waals surface area contributed by atoms with E-state index < -0.39 is 0 Å². The summed E-state index contributed by atoms with van der Waals surface area (Å²) >= 11 is 0. The average molecular weight is 1320 g/mol. The number of pyridine rings is 5. The molecule has 5 nitrogen and oxygen atoms in total. The second kappa shape index (κ2) is 35.3. The first-order valence-electron chi connectivity index (χ1n) is 37.4. The molecule has 0 radical (unpaired) electrons. The molecule has 5 heterocycles. The first-order valence-corrected chi connectivity index (χ1v) is 37.4. The molecular weight excluding hydrogens is 1200 g/mol. The summed E-state index contributed by atoms with van der Waals surface area (Å²) in [6, 6.07) is 55.1.